The molecule has 2 rings (SSSR count). The summed E-state index contributed by atoms with van der Waals surface area (Å²) in [7, 11) is 0. The number of benzene rings is 1. The first-order valence-corrected chi connectivity index (χ1v) is 6.63. The molecule has 1 saturated heterocycles. The van der Waals surface area contributed by atoms with E-state index < -0.39 is 0 Å². The average Bonchev–Trinajstić information content (AvgIpc) is 2.27. The first kappa shape index (κ1) is 12.1. The highest BCUT2D eigenvalue weighted by molar-refractivity contribution is 9.10. The summed E-state index contributed by atoms with van der Waals surface area (Å²) in [5, 5.41) is 0. The quantitative estimate of drug-likeness (QED) is 0.797. The minimum Gasteiger partial charge on any atom is -0.299 e. The molecule has 1 aliphatic rings. The van der Waals surface area contributed by atoms with Crippen LogP contribution in [0.4, 0.5) is 4.39 Å². The Kier molecular flexibility index (Phi) is 3.98. The molecular weight excluding hydrogens is 269 g/mol. The largest absolute Gasteiger partial charge is 0.299 e. The van der Waals surface area contributed by atoms with Crippen LogP contribution >= 0.6 is 15.9 Å². The second kappa shape index (κ2) is 5.28. The van der Waals surface area contributed by atoms with E-state index in [2.05, 4.69) is 20.8 Å². The third-order valence-corrected chi connectivity index (χ3v) is 3.91. The monoisotopic (exact) mass is 285 g/mol. The summed E-state index contributed by atoms with van der Waals surface area (Å²) in [5.74, 6) is -0.102. The van der Waals surface area contributed by atoms with Gasteiger partial charge in [-0.3, -0.25) is 4.90 Å². The van der Waals surface area contributed by atoms with E-state index in [0.717, 1.165) is 29.7 Å². The van der Waals surface area contributed by atoms with Crippen LogP contribution in [0.5, 0.6) is 0 Å². The van der Waals surface area contributed by atoms with E-state index in [9.17, 15) is 4.39 Å². The van der Waals surface area contributed by atoms with Gasteiger partial charge in [0.25, 0.3) is 0 Å². The lowest BCUT2D eigenvalue weighted by molar-refractivity contribution is 0.220. The fourth-order valence-corrected chi connectivity index (χ4v) is 2.75. The summed E-state index contributed by atoms with van der Waals surface area (Å²) < 4.78 is 14.5. The molecule has 88 valence electrons. The summed E-state index contributed by atoms with van der Waals surface area (Å²) >= 11 is 3.51. The minimum absolute atomic E-state index is 0.102. The number of nitrogens with zero attached hydrogens (tertiary/aromatic N) is 1. The molecule has 0 bridgehead atoms. The van der Waals surface area contributed by atoms with Gasteiger partial charge in [-0.2, -0.15) is 0 Å². The van der Waals surface area contributed by atoms with Crippen LogP contribution in [-0.2, 0) is 6.54 Å². The zero-order valence-corrected chi connectivity index (χ0v) is 11.2. The van der Waals surface area contributed by atoms with Gasteiger partial charge in [0.05, 0.1) is 0 Å². The van der Waals surface area contributed by atoms with E-state index in [4.69, 9.17) is 0 Å². The van der Waals surface area contributed by atoms with Gasteiger partial charge in [0.15, 0.2) is 0 Å². The van der Waals surface area contributed by atoms with Gasteiger partial charge in [-0.1, -0.05) is 22.4 Å². The molecule has 0 saturated carbocycles. The lowest BCUT2D eigenvalue weighted by Gasteiger charge is -2.26. The first-order chi connectivity index (χ1) is 7.66. The van der Waals surface area contributed by atoms with Gasteiger partial charge in [0, 0.05) is 11.0 Å². The Balaban J connectivity index is 2.11. The Morgan fingerprint density at radius 1 is 1.25 bits per heavy atom. The van der Waals surface area contributed by atoms with Crippen molar-refractivity contribution in [2.24, 2.45) is 0 Å². The molecule has 0 atom stereocenters. The second-order valence-corrected chi connectivity index (χ2v) is 5.38. The van der Waals surface area contributed by atoms with Crippen molar-refractivity contribution in [1.29, 1.82) is 0 Å². The molecule has 0 unspecified atom stereocenters. The van der Waals surface area contributed by atoms with Gasteiger partial charge in [-0.05, 0) is 56.1 Å². The van der Waals surface area contributed by atoms with E-state index in [1.54, 1.807) is 13.0 Å². The maximum Gasteiger partial charge on any atom is 0.126 e. The highest BCUT2D eigenvalue weighted by Crippen LogP contribution is 2.23. The molecule has 1 aliphatic heterocycles. The third kappa shape index (κ3) is 2.83. The molecule has 0 aromatic heterocycles. The Bertz CT molecular complexity index is 372. The summed E-state index contributed by atoms with van der Waals surface area (Å²) in [5.41, 5.74) is 1.76. The van der Waals surface area contributed by atoms with Crippen molar-refractivity contribution in [3.05, 3.63) is 33.5 Å². The van der Waals surface area contributed by atoms with E-state index in [-0.39, 0.29) is 5.82 Å². The van der Waals surface area contributed by atoms with Crippen LogP contribution in [0.25, 0.3) is 0 Å². The van der Waals surface area contributed by atoms with Crippen LogP contribution in [0.3, 0.4) is 0 Å². The fraction of sp³-hybridized carbons (Fsp3) is 0.538. The van der Waals surface area contributed by atoms with Crippen LogP contribution < -0.4 is 0 Å². The van der Waals surface area contributed by atoms with Gasteiger partial charge >= 0.3 is 0 Å². The fourth-order valence-electron chi connectivity index (χ4n) is 2.17. The number of likely N-dealkylation sites (tertiary alicyclic amines) is 1. The minimum atomic E-state index is -0.102. The highest BCUT2D eigenvalue weighted by Gasteiger charge is 2.13. The van der Waals surface area contributed by atoms with Crippen molar-refractivity contribution in [2.75, 3.05) is 13.1 Å². The summed E-state index contributed by atoms with van der Waals surface area (Å²) in [6.07, 6.45) is 3.87. The number of piperidine rings is 1. The Morgan fingerprint density at radius 2 is 1.94 bits per heavy atom. The standard InChI is InChI=1S/C13H17BrFN/c1-10-7-12(14)11(8-13(10)15)9-16-5-3-2-4-6-16/h7-8H,2-6,9H2,1H3. The summed E-state index contributed by atoms with van der Waals surface area (Å²) in [6, 6.07) is 3.53. The number of rotatable bonds is 2. The van der Waals surface area contributed by atoms with Crippen LogP contribution in [0, 0.1) is 12.7 Å². The van der Waals surface area contributed by atoms with Crippen molar-refractivity contribution in [3.63, 3.8) is 0 Å². The lowest BCUT2D eigenvalue weighted by Crippen LogP contribution is -2.29. The van der Waals surface area contributed by atoms with E-state index in [1.165, 1.54) is 19.3 Å². The molecule has 1 aromatic carbocycles. The molecule has 1 heterocycles. The van der Waals surface area contributed by atoms with E-state index in [0.29, 0.717) is 5.56 Å². The SMILES string of the molecule is Cc1cc(Br)c(CN2CCCCC2)cc1F. The molecule has 3 heteroatoms. The first-order valence-electron chi connectivity index (χ1n) is 5.83. The molecular formula is C13H17BrFN. The predicted molar refractivity (Wildman–Crippen MR) is 68.0 cm³/mol. The van der Waals surface area contributed by atoms with Crippen molar-refractivity contribution < 1.29 is 4.39 Å². The molecule has 1 aromatic rings. The molecule has 0 radical (unpaired) electrons. The number of halogens is 2. The van der Waals surface area contributed by atoms with Gasteiger partial charge in [0.2, 0.25) is 0 Å². The smallest absolute Gasteiger partial charge is 0.126 e. The molecule has 0 N–H and O–H groups in total. The number of aryl methyl sites for hydroxylation is 1. The maximum absolute atomic E-state index is 13.5. The second-order valence-electron chi connectivity index (χ2n) is 4.53. The Hall–Kier alpha value is -0.410. The van der Waals surface area contributed by atoms with Crippen molar-refractivity contribution in [3.8, 4) is 0 Å². The van der Waals surface area contributed by atoms with E-state index >= 15 is 0 Å². The maximum atomic E-state index is 13.5. The van der Waals surface area contributed by atoms with Gasteiger partial charge < -0.3 is 0 Å². The van der Waals surface area contributed by atoms with Gasteiger partial charge in [-0.25, -0.2) is 4.39 Å². The van der Waals surface area contributed by atoms with Crippen molar-refractivity contribution >= 4 is 15.9 Å². The molecule has 16 heavy (non-hydrogen) atoms. The van der Waals surface area contributed by atoms with Crippen LogP contribution in [0.15, 0.2) is 16.6 Å². The highest BCUT2D eigenvalue weighted by atomic mass is 79.9. The van der Waals surface area contributed by atoms with Crippen LogP contribution in [0.2, 0.25) is 0 Å². The Morgan fingerprint density at radius 3 is 2.62 bits per heavy atom. The zero-order valence-electron chi connectivity index (χ0n) is 9.60. The molecule has 1 fully saturated rings. The normalized spacial score (nSPS) is 17.7. The number of hydrogen-bond donors (Lipinski definition) is 0. The van der Waals surface area contributed by atoms with Crippen molar-refractivity contribution in [1.82, 2.24) is 4.90 Å². The molecule has 0 spiro atoms. The number of hydrogen-bond acceptors (Lipinski definition) is 1. The summed E-state index contributed by atoms with van der Waals surface area (Å²) in [6.45, 7) is 4.94. The molecule has 0 aliphatic carbocycles. The van der Waals surface area contributed by atoms with Crippen molar-refractivity contribution in [2.45, 2.75) is 32.7 Å². The lowest BCUT2D eigenvalue weighted by atomic mass is 10.1. The van der Waals surface area contributed by atoms with E-state index in [1.807, 2.05) is 6.07 Å². The molecule has 1 nitrogen and oxygen atoms in total. The predicted octanol–water partition coefficient (Wildman–Crippen LogP) is 3.88. The molecule has 0 amide bonds. The third-order valence-electron chi connectivity index (χ3n) is 3.17. The van der Waals surface area contributed by atoms with Crippen LogP contribution in [-0.4, -0.2) is 18.0 Å². The van der Waals surface area contributed by atoms with Gasteiger partial charge in [0.1, 0.15) is 5.82 Å². The topological polar surface area (TPSA) is 3.24 Å². The average molecular weight is 286 g/mol. The Labute approximate surface area is 105 Å². The van der Waals surface area contributed by atoms with Gasteiger partial charge in [-0.15, -0.1) is 0 Å². The zero-order chi connectivity index (χ0) is 11.5. The van der Waals surface area contributed by atoms with Crippen LogP contribution in [0.1, 0.15) is 30.4 Å². The summed E-state index contributed by atoms with van der Waals surface area (Å²) in [4.78, 5) is 2.40.